The molecular formula is C31H35NO5. The first-order chi connectivity index (χ1) is 18.3. The van der Waals surface area contributed by atoms with E-state index in [4.69, 9.17) is 23.8 Å². The number of hydrogen-bond acceptors (Lipinski definition) is 6. The molecule has 1 aliphatic heterocycles. The summed E-state index contributed by atoms with van der Waals surface area (Å²) in [6.07, 6.45) is 0.683. The van der Waals surface area contributed by atoms with Gasteiger partial charge >= 0.3 is 0 Å². The fourth-order valence-electron chi connectivity index (χ4n) is 4.35. The Morgan fingerprint density at radius 3 is 1.86 bits per heavy atom. The summed E-state index contributed by atoms with van der Waals surface area (Å²) in [5.74, 6) is 0. The van der Waals surface area contributed by atoms with Crippen LogP contribution in [-0.2, 0) is 43.6 Å². The molecule has 6 nitrogen and oxygen atoms in total. The summed E-state index contributed by atoms with van der Waals surface area (Å²) in [4.78, 5) is 5.23. The van der Waals surface area contributed by atoms with Gasteiger partial charge in [0, 0.05) is 0 Å². The maximum Gasteiger partial charge on any atom is 0.131 e. The van der Waals surface area contributed by atoms with Crippen LogP contribution in [0.1, 0.15) is 23.1 Å². The van der Waals surface area contributed by atoms with E-state index in [0.717, 1.165) is 16.7 Å². The average Bonchev–Trinajstić information content (AvgIpc) is 2.94. The van der Waals surface area contributed by atoms with Gasteiger partial charge in [-0.15, -0.1) is 6.58 Å². The Morgan fingerprint density at radius 1 is 0.784 bits per heavy atom. The molecule has 4 atom stereocenters. The SMILES string of the molecule is C=CC[C@H]1O[C@H](COCc2ccccc2)[C@@H](OCc2ccccc2)[C@H](OCc2ccccc2)/C1=N/OC. The van der Waals surface area contributed by atoms with Gasteiger partial charge in [-0.25, -0.2) is 0 Å². The zero-order valence-corrected chi connectivity index (χ0v) is 21.3. The summed E-state index contributed by atoms with van der Waals surface area (Å²) in [7, 11) is 1.53. The Hall–Kier alpha value is -3.29. The first-order valence-electron chi connectivity index (χ1n) is 12.6. The maximum atomic E-state index is 6.50. The molecule has 0 aliphatic carbocycles. The highest BCUT2D eigenvalue weighted by molar-refractivity contribution is 5.94. The van der Waals surface area contributed by atoms with Crippen LogP contribution in [0, 0.1) is 0 Å². The van der Waals surface area contributed by atoms with Crippen molar-refractivity contribution in [2.45, 2.75) is 50.7 Å². The van der Waals surface area contributed by atoms with Crippen LogP contribution < -0.4 is 0 Å². The van der Waals surface area contributed by atoms with E-state index in [1.807, 2.05) is 97.1 Å². The molecule has 0 unspecified atom stereocenters. The van der Waals surface area contributed by atoms with E-state index >= 15 is 0 Å². The van der Waals surface area contributed by atoms with Crippen LogP contribution in [-0.4, -0.2) is 43.8 Å². The van der Waals surface area contributed by atoms with Crippen LogP contribution in [0.5, 0.6) is 0 Å². The van der Waals surface area contributed by atoms with Crippen LogP contribution in [0.15, 0.2) is 109 Å². The molecule has 194 valence electrons. The van der Waals surface area contributed by atoms with Gasteiger partial charge in [-0.3, -0.25) is 0 Å². The lowest BCUT2D eigenvalue weighted by atomic mass is 9.93. The van der Waals surface area contributed by atoms with E-state index in [1.54, 1.807) is 0 Å². The Bertz CT molecular complexity index is 1090. The fourth-order valence-corrected chi connectivity index (χ4v) is 4.35. The largest absolute Gasteiger partial charge is 0.399 e. The predicted molar refractivity (Wildman–Crippen MR) is 144 cm³/mol. The van der Waals surface area contributed by atoms with E-state index in [0.29, 0.717) is 38.6 Å². The molecule has 1 heterocycles. The minimum absolute atomic E-state index is 0.341. The van der Waals surface area contributed by atoms with Gasteiger partial charge in [0.2, 0.25) is 0 Å². The van der Waals surface area contributed by atoms with Gasteiger partial charge in [0.15, 0.2) is 0 Å². The quantitative estimate of drug-likeness (QED) is 0.221. The molecule has 1 saturated heterocycles. The minimum Gasteiger partial charge on any atom is -0.399 e. The van der Waals surface area contributed by atoms with E-state index in [-0.39, 0.29) is 12.2 Å². The molecule has 0 spiro atoms. The minimum atomic E-state index is -0.493. The number of oxime groups is 1. The second kappa shape index (κ2) is 14.4. The molecule has 37 heavy (non-hydrogen) atoms. The highest BCUT2D eigenvalue weighted by Gasteiger charge is 2.45. The Labute approximate surface area is 219 Å². The van der Waals surface area contributed by atoms with E-state index in [1.165, 1.54) is 7.11 Å². The first kappa shape index (κ1) is 26.8. The van der Waals surface area contributed by atoms with Crippen molar-refractivity contribution in [3.8, 4) is 0 Å². The second-order valence-corrected chi connectivity index (χ2v) is 8.87. The normalized spacial score (nSPS) is 22.6. The van der Waals surface area contributed by atoms with Crippen LogP contribution in [0.3, 0.4) is 0 Å². The third-order valence-corrected chi connectivity index (χ3v) is 6.15. The third-order valence-electron chi connectivity index (χ3n) is 6.15. The van der Waals surface area contributed by atoms with Gasteiger partial charge < -0.3 is 23.8 Å². The van der Waals surface area contributed by atoms with Crippen molar-refractivity contribution in [1.29, 1.82) is 0 Å². The lowest BCUT2D eigenvalue weighted by molar-refractivity contribution is -0.176. The van der Waals surface area contributed by atoms with Crippen molar-refractivity contribution in [2.75, 3.05) is 13.7 Å². The lowest BCUT2D eigenvalue weighted by Gasteiger charge is -2.41. The maximum absolute atomic E-state index is 6.50. The average molecular weight is 502 g/mol. The summed E-state index contributed by atoms with van der Waals surface area (Å²) in [6.45, 7) is 5.54. The van der Waals surface area contributed by atoms with Gasteiger partial charge in [0.25, 0.3) is 0 Å². The monoisotopic (exact) mass is 501 g/mol. The van der Waals surface area contributed by atoms with Gasteiger partial charge in [-0.05, 0) is 23.1 Å². The fraction of sp³-hybridized carbons (Fsp3) is 0.323. The van der Waals surface area contributed by atoms with Gasteiger partial charge in [-0.1, -0.05) is 102 Å². The number of ether oxygens (including phenoxy) is 4. The molecule has 0 amide bonds. The van der Waals surface area contributed by atoms with Crippen molar-refractivity contribution in [2.24, 2.45) is 5.16 Å². The first-order valence-corrected chi connectivity index (χ1v) is 12.6. The number of nitrogens with zero attached hydrogens (tertiary/aromatic N) is 1. The zero-order valence-electron chi connectivity index (χ0n) is 21.3. The topological polar surface area (TPSA) is 58.5 Å². The van der Waals surface area contributed by atoms with Gasteiger partial charge in [0.1, 0.15) is 37.2 Å². The standard InChI is InChI=1S/C31H35NO5/c1-3-13-27-29(32-33-2)31(36-22-26-18-11-6-12-19-26)30(35-21-25-16-9-5-10-17-25)28(37-27)23-34-20-24-14-7-4-8-15-24/h3-12,14-19,27-28,30-31H,1,13,20-23H2,2H3/b32-29+/t27-,28-,30-,31-/m1/s1. The van der Waals surface area contributed by atoms with Gasteiger partial charge in [0.05, 0.1) is 26.4 Å². The van der Waals surface area contributed by atoms with Gasteiger partial charge in [-0.2, -0.15) is 0 Å². The molecule has 4 rings (SSSR count). The molecule has 6 heteroatoms. The second-order valence-electron chi connectivity index (χ2n) is 8.87. The van der Waals surface area contributed by atoms with Crippen molar-refractivity contribution in [1.82, 2.24) is 0 Å². The summed E-state index contributed by atoms with van der Waals surface area (Å²) in [5.41, 5.74) is 3.87. The third kappa shape index (κ3) is 7.84. The molecule has 0 radical (unpaired) electrons. The number of hydrogen-bond donors (Lipinski definition) is 0. The Balaban J connectivity index is 1.57. The molecule has 1 fully saturated rings. The van der Waals surface area contributed by atoms with E-state index in [2.05, 4.69) is 11.7 Å². The van der Waals surface area contributed by atoms with Crippen molar-refractivity contribution in [3.05, 3.63) is 120 Å². The molecule has 3 aromatic rings. The van der Waals surface area contributed by atoms with E-state index < -0.39 is 12.2 Å². The molecule has 0 aromatic heterocycles. The zero-order chi connectivity index (χ0) is 25.7. The van der Waals surface area contributed by atoms with Crippen LogP contribution in [0.2, 0.25) is 0 Å². The van der Waals surface area contributed by atoms with Crippen LogP contribution >= 0.6 is 0 Å². The predicted octanol–water partition coefficient (Wildman–Crippen LogP) is 5.72. The number of benzene rings is 3. The van der Waals surface area contributed by atoms with Crippen molar-refractivity contribution in [3.63, 3.8) is 0 Å². The summed E-state index contributed by atoms with van der Waals surface area (Å²) in [5, 5.41) is 4.34. The number of rotatable bonds is 13. The van der Waals surface area contributed by atoms with Crippen molar-refractivity contribution >= 4 is 5.71 Å². The molecule has 1 aliphatic rings. The molecular weight excluding hydrogens is 466 g/mol. The van der Waals surface area contributed by atoms with E-state index in [9.17, 15) is 0 Å². The summed E-state index contributed by atoms with van der Waals surface area (Å²) in [6, 6.07) is 30.2. The Morgan fingerprint density at radius 2 is 1.32 bits per heavy atom. The van der Waals surface area contributed by atoms with Crippen LogP contribution in [0.4, 0.5) is 0 Å². The molecule has 0 bridgehead atoms. The highest BCUT2D eigenvalue weighted by Crippen LogP contribution is 2.28. The Kier molecular flexibility index (Phi) is 10.5. The lowest BCUT2D eigenvalue weighted by Crippen LogP contribution is -2.58. The summed E-state index contributed by atoms with van der Waals surface area (Å²) >= 11 is 0. The molecule has 3 aromatic carbocycles. The molecule has 0 N–H and O–H groups in total. The van der Waals surface area contributed by atoms with Crippen LogP contribution in [0.25, 0.3) is 0 Å². The molecule has 0 saturated carbocycles. The smallest absolute Gasteiger partial charge is 0.131 e. The highest BCUT2D eigenvalue weighted by atomic mass is 16.6. The van der Waals surface area contributed by atoms with Crippen molar-refractivity contribution < 1.29 is 23.8 Å². The summed E-state index contributed by atoms with van der Waals surface area (Å²) < 4.78 is 25.6.